The first-order chi connectivity index (χ1) is 6.57. The largest absolute Gasteiger partial charge is 0.391 e. The van der Waals surface area contributed by atoms with Gasteiger partial charge in [0.15, 0.2) is 0 Å². The molecule has 0 spiro atoms. The molecule has 0 saturated heterocycles. The third-order valence-corrected chi connectivity index (χ3v) is 3.01. The number of rotatable bonds is 3. The van der Waals surface area contributed by atoms with Gasteiger partial charge >= 0.3 is 0 Å². The molecule has 0 bridgehead atoms. The normalized spacial score (nSPS) is 14.2. The monoisotopic (exact) mass is 297 g/mol. The van der Waals surface area contributed by atoms with E-state index in [2.05, 4.69) is 15.9 Å². The molecule has 0 unspecified atom stereocenters. The van der Waals surface area contributed by atoms with E-state index in [4.69, 9.17) is 5.73 Å². The molecular weight excluding hydrogens is 284 g/mol. The highest BCUT2D eigenvalue weighted by Crippen LogP contribution is 2.27. The van der Waals surface area contributed by atoms with Gasteiger partial charge in [-0.3, -0.25) is 0 Å². The van der Waals surface area contributed by atoms with Crippen LogP contribution in [0.1, 0.15) is 24.9 Å². The molecule has 1 rings (SSSR count). The molecule has 3 N–H and O–H groups in total. The van der Waals surface area contributed by atoms with Crippen LogP contribution in [0, 0.1) is 5.82 Å². The molecule has 0 radical (unpaired) electrons. The third-order valence-electron chi connectivity index (χ3n) is 2.17. The minimum Gasteiger partial charge on any atom is -0.391 e. The lowest BCUT2D eigenvalue weighted by molar-refractivity contribution is 0.140. The second-order valence-electron chi connectivity index (χ2n) is 3.14. The summed E-state index contributed by atoms with van der Waals surface area (Å²) >= 11 is 3.11. The van der Waals surface area contributed by atoms with Gasteiger partial charge < -0.3 is 10.8 Å². The third kappa shape index (κ3) is 3.41. The molecule has 0 amide bonds. The Morgan fingerprint density at radius 3 is 2.67 bits per heavy atom. The molecule has 2 atom stereocenters. The number of benzene rings is 1. The molecule has 1 aromatic carbocycles. The second kappa shape index (κ2) is 6.43. The van der Waals surface area contributed by atoms with Gasteiger partial charge in [0, 0.05) is 0 Å². The van der Waals surface area contributed by atoms with E-state index in [9.17, 15) is 9.50 Å². The fourth-order valence-electron chi connectivity index (χ4n) is 1.24. The van der Waals surface area contributed by atoms with Crippen LogP contribution < -0.4 is 5.73 Å². The zero-order valence-corrected chi connectivity index (χ0v) is 10.7. The molecule has 1 aromatic rings. The quantitative estimate of drug-likeness (QED) is 0.901. The maximum atomic E-state index is 13.1. The van der Waals surface area contributed by atoms with E-state index in [1.54, 1.807) is 12.1 Å². The van der Waals surface area contributed by atoms with Crippen molar-refractivity contribution in [1.82, 2.24) is 0 Å². The number of hydrogen-bond donors (Lipinski definition) is 2. The number of aliphatic hydroxyl groups is 1. The van der Waals surface area contributed by atoms with Crippen LogP contribution in [0.2, 0.25) is 0 Å². The first-order valence-electron chi connectivity index (χ1n) is 4.45. The van der Waals surface area contributed by atoms with Gasteiger partial charge in [-0.25, -0.2) is 4.39 Å². The van der Waals surface area contributed by atoms with Gasteiger partial charge in [-0.15, -0.1) is 12.4 Å². The van der Waals surface area contributed by atoms with Crippen molar-refractivity contribution in [3.63, 3.8) is 0 Å². The van der Waals surface area contributed by atoms with Crippen molar-refractivity contribution in [3.05, 3.63) is 34.1 Å². The van der Waals surface area contributed by atoms with Crippen LogP contribution in [0.4, 0.5) is 4.39 Å². The van der Waals surface area contributed by atoms with Crippen molar-refractivity contribution in [2.75, 3.05) is 0 Å². The molecule has 0 saturated carbocycles. The van der Waals surface area contributed by atoms with Crippen LogP contribution in [-0.2, 0) is 0 Å². The van der Waals surface area contributed by atoms with Gasteiger partial charge in [-0.05, 0) is 34.0 Å². The van der Waals surface area contributed by atoms with Crippen LogP contribution in [0.5, 0.6) is 0 Å². The fourth-order valence-corrected chi connectivity index (χ4v) is 1.77. The number of nitrogens with two attached hydrogens (primary N) is 1. The van der Waals surface area contributed by atoms with E-state index in [-0.39, 0.29) is 18.2 Å². The maximum Gasteiger partial charge on any atom is 0.137 e. The van der Waals surface area contributed by atoms with Crippen molar-refractivity contribution in [1.29, 1.82) is 0 Å². The molecule has 0 aliphatic heterocycles. The van der Waals surface area contributed by atoms with Gasteiger partial charge in [0.2, 0.25) is 0 Å². The fraction of sp³-hybridized carbons (Fsp3) is 0.400. The highest BCUT2D eigenvalue weighted by atomic mass is 79.9. The summed E-state index contributed by atoms with van der Waals surface area (Å²) in [6, 6.07) is 4.08. The highest BCUT2D eigenvalue weighted by Gasteiger charge is 2.18. The Hall–Kier alpha value is -0.160. The Kier molecular flexibility index (Phi) is 6.36. The van der Waals surface area contributed by atoms with E-state index in [0.717, 1.165) is 0 Å². The Bertz CT molecular complexity index is 324. The van der Waals surface area contributed by atoms with Gasteiger partial charge in [0.1, 0.15) is 5.82 Å². The van der Waals surface area contributed by atoms with E-state index in [1.165, 1.54) is 6.07 Å². The smallest absolute Gasteiger partial charge is 0.137 e. The maximum absolute atomic E-state index is 13.1. The van der Waals surface area contributed by atoms with Crippen molar-refractivity contribution < 1.29 is 9.50 Å². The van der Waals surface area contributed by atoms with Crippen molar-refractivity contribution in [2.24, 2.45) is 5.73 Å². The lowest BCUT2D eigenvalue weighted by Crippen LogP contribution is -2.25. The number of aliphatic hydroxyl groups excluding tert-OH is 1. The summed E-state index contributed by atoms with van der Waals surface area (Å²) in [6.45, 7) is 1.83. The van der Waals surface area contributed by atoms with Crippen LogP contribution in [0.3, 0.4) is 0 Å². The van der Waals surface area contributed by atoms with Crippen LogP contribution in [0.15, 0.2) is 22.7 Å². The minimum atomic E-state index is -0.645. The van der Waals surface area contributed by atoms with E-state index < -0.39 is 12.1 Å². The summed E-state index contributed by atoms with van der Waals surface area (Å²) in [5, 5.41) is 9.53. The van der Waals surface area contributed by atoms with Crippen molar-refractivity contribution in [2.45, 2.75) is 25.5 Å². The Morgan fingerprint density at radius 2 is 2.13 bits per heavy atom. The zero-order valence-electron chi connectivity index (χ0n) is 8.28. The summed E-state index contributed by atoms with van der Waals surface area (Å²) in [7, 11) is 0. The first kappa shape index (κ1) is 14.8. The average molecular weight is 299 g/mol. The van der Waals surface area contributed by atoms with E-state index >= 15 is 0 Å². The Balaban J connectivity index is 0.00000196. The number of hydrogen-bond acceptors (Lipinski definition) is 2. The van der Waals surface area contributed by atoms with Gasteiger partial charge in [0.05, 0.1) is 16.6 Å². The molecule has 0 aromatic heterocycles. The SMILES string of the molecule is CC[C@@H](O)[C@@H](N)c1cccc(F)c1Br.Cl. The highest BCUT2D eigenvalue weighted by molar-refractivity contribution is 9.10. The van der Waals surface area contributed by atoms with Crippen molar-refractivity contribution in [3.8, 4) is 0 Å². The Labute approximate surface area is 103 Å². The lowest BCUT2D eigenvalue weighted by Gasteiger charge is -2.18. The predicted molar refractivity (Wildman–Crippen MR) is 64.6 cm³/mol. The summed E-state index contributed by atoms with van der Waals surface area (Å²) in [4.78, 5) is 0. The van der Waals surface area contributed by atoms with Crippen molar-refractivity contribution >= 4 is 28.3 Å². The minimum absolute atomic E-state index is 0. The topological polar surface area (TPSA) is 46.2 Å². The number of halogens is 3. The molecule has 86 valence electrons. The lowest BCUT2D eigenvalue weighted by atomic mass is 10.0. The average Bonchev–Trinajstić information content (AvgIpc) is 2.20. The molecule has 0 aliphatic carbocycles. The van der Waals surface area contributed by atoms with Crippen LogP contribution in [0.25, 0.3) is 0 Å². The van der Waals surface area contributed by atoms with Crippen LogP contribution >= 0.6 is 28.3 Å². The van der Waals surface area contributed by atoms with Gasteiger partial charge in [-0.1, -0.05) is 19.1 Å². The summed E-state index contributed by atoms with van der Waals surface area (Å²) in [6.07, 6.45) is -0.0995. The summed E-state index contributed by atoms with van der Waals surface area (Å²) in [5.74, 6) is -0.360. The van der Waals surface area contributed by atoms with E-state index in [0.29, 0.717) is 16.5 Å². The van der Waals surface area contributed by atoms with E-state index in [1.807, 2.05) is 6.92 Å². The van der Waals surface area contributed by atoms with Crippen LogP contribution in [-0.4, -0.2) is 11.2 Å². The van der Waals surface area contributed by atoms with Gasteiger partial charge in [0.25, 0.3) is 0 Å². The molecule has 5 heteroatoms. The molecule has 15 heavy (non-hydrogen) atoms. The zero-order chi connectivity index (χ0) is 10.7. The predicted octanol–water partition coefficient (Wildman–Crippen LogP) is 2.78. The van der Waals surface area contributed by atoms with Gasteiger partial charge in [-0.2, -0.15) is 0 Å². The molecule has 0 fully saturated rings. The summed E-state index contributed by atoms with van der Waals surface area (Å²) < 4.78 is 13.5. The molecule has 0 heterocycles. The molecular formula is C10H14BrClFNO. The Morgan fingerprint density at radius 1 is 1.53 bits per heavy atom. The standard InChI is InChI=1S/C10H13BrFNO.ClH/c1-2-8(14)10(13)6-4-3-5-7(12)9(6)11;/h3-5,8,10,14H,2,13H2,1H3;1H/t8-,10+;/m1./s1. The molecule has 2 nitrogen and oxygen atoms in total. The summed E-state index contributed by atoms with van der Waals surface area (Å²) in [5.41, 5.74) is 6.37. The molecule has 0 aliphatic rings. The first-order valence-corrected chi connectivity index (χ1v) is 5.24. The second-order valence-corrected chi connectivity index (χ2v) is 3.94.